The molecule has 0 atom stereocenters. The van der Waals surface area contributed by atoms with Gasteiger partial charge >= 0.3 is 17.9 Å². The average Bonchev–Trinajstić information content (AvgIpc) is 0.773. The van der Waals surface area contributed by atoms with Crippen LogP contribution in [0.15, 0.2) is 135 Å². The topological polar surface area (TPSA) is 316 Å². The third kappa shape index (κ3) is 23.1. The van der Waals surface area contributed by atoms with Crippen LogP contribution in [0.3, 0.4) is 0 Å². The third-order valence-electron chi connectivity index (χ3n) is 12.3. The van der Waals surface area contributed by atoms with E-state index in [4.69, 9.17) is 128 Å². The number of halogens is 8. The molecule has 0 unspecified atom stereocenters. The molecule has 0 aliphatic carbocycles. The molecule has 0 amide bonds. The van der Waals surface area contributed by atoms with E-state index in [9.17, 15) is 24.3 Å². The molecule has 10 N–H and O–H groups in total. The second kappa shape index (κ2) is 41.1. The molecule has 0 bridgehead atoms. The number of pyridine rings is 1. The van der Waals surface area contributed by atoms with Crippen LogP contribution >= 0.6 is 112 Å². The van der Waals surface area contributed by atoms with Crippen molar-refractivity contribution < 1.29 is 76.7 Å². The summed E-state index contributed by atoms with van der Waals surface area (Å²) in [6, 6.07) is 33.5. The van der Waals surface area contributed by atoms with Crippen LogP contribution in [0, 0.1) is 0 Å². The van der Waals surface area contributed by atoms with Crippen LogP contribution in [0.1, 0.15) is 27.6 Å². The van der Waals surface area contributed by atoms with E-state index in [2.05, 4.69) is 46.9 Å². The number of aromatic carboxylic acids is 2. The first-order valence-corrected chi connectivity index (χ1v) is 32.0. The smallest absolute Gasteiger partial charge is 0.337 e. The summed E-state index contributed by atoms with van der Waals surface area (Å²) < 4.78 is 57.4. The number of ether oxygens (including phenoxy) is 11. The molecule has 0 saturated carbocycles. The summed E-state index contributed by atoms with van der Waals surface area (Å²) in [5.74, 6) is 3.14. The van der Waals surface area contributed by atoms with Crippen LogP contribution in [0.4, 0.5) is 28.4 Å². The highest BCUT2D eigenvalue weighted by Crippen LogP contribution is 2.44. The van der Waals surface area contributed by atoms with Gasteiger partial charge in [0.25, 0.3) is 0 Å². The van der Waals surface area contributed by atoms with Gasteiger partial charge in [-0.25, -0.2) is 9.59 Å². The number of H-pyrrole nitrogens is 1. The Kier molecular flexibility index (Phi) is 35.1. The van der Waals surface area contributed by atoms with E-state index in [-0.39, 0.29) is 22.5 Å². The number of methoxy groups -OCH3 is 10. The van der Waals surface area contributed by atoms with Gasteiger partial charge in [0.1, 0.15) is 34.5 Å². The lowest BCUT2D eigenvalue weighted by Gasteiger charge is -2.15. The van der Waals surface area contributed by atoms with Crippen molar-refractivity contribution in [2.24, 2.45) is 0 Å². The molecule has 9 rings (SSSR count). The number of anilines is 5. The van der Waals surface area contributed by atoms with Crippen molar-refractivity contribution >= 4 is 181 Å². The number of para-hydroxylation sites is 3. The first kappa shape index (κ1) is 81.2. The number of aromatic nitrogens is 1. The summed E-state index contributed by atoms with van der Waals surface area (Å²) in [4.78, 5) is 47.6. The first-order chi connectivity index (χ1) is 45.2. The van der Waals surface area contributed by atoms with E-state index in [0.717, 1.165) is 9.99 Å². The van der Waals surface area contributed by atoms with Gasteiger partial charge in [0, 0.05) is 59.1 Å². The number of esters is 1. The average molecular weight is 1650 g/mol. The Labute approximate surface area is 603 Å². The summed E-state index contributed by atoms with van der Waals surface area (Å²) in [6.45, 7) is 2.28. The van der Waals surface area contributed by atoms with Gasteiger partial charge in [0.2, 0.25) is 5.43 Å². The lowest BCUT2D eigenvalue weighted by molar-refractivity contribution is -0.139. The fourth-order valence-corrected chi connectivity index (χ4v) is 10.8. The number of carbonyl (C=O) groups excluding carboxylic acids is 1. The number of nitrogens with one attached hydrogen (secondary N) is 2. The Morgan fingerprint density at radius 1 is 0.516 bits per heavy atom. The van der Waals surface area contributed by atoms with E-state index < -0.39 is 11.9 Å². The molecule has 30 heteroatoms. The number of carboxylic acid groups (broad SMARTS) is 2. The quantitative estimate of drug-likeness (QED) is 0.0155. The van der Waals surface area contributed by atoms with Crippen LogP contribution in [-0.2, 0) is 9.53 Å². The van der Waals surface area contributed by atoms with Crippen molar-refractivity contribution in [3.05, 3.63) is 177 Å². The summed E-state index contributed by atoms with van der Waals surface area (Å²) >= 11 is 38.4. The molecule has 22 nitrogen and oxygen atoms in total. The Bertz CT molecular complexity index is 4090. The zero-order valence-electron chi connectivity index (χ0n) is 52.7. The largest absolute Gasteiger partial charge is 0.497 e. The SMILES string of the molecule is CCOC(=O)CI.COc1c(Cl)cc(OC)c2c(=O)c3ccccc3[nH]c12.COc1cc(Cl)c(OC)c(Br)c1.COc1cc(Cl)c(OC)c(Br)c1N.COc1cc(Cl)c(OC)c(Nc2ccccc2C(=O)O)c1.COc1cc(Cl)c(OC)cc1N.Nc1ccccc1C(=O)O. The lowest BCUT2D eigenvalue weighted by Crippen LogP contribution is -2.07. The lowest BCUT2D eigenvalue weighted by atomic mass is 10.1. The van der Waals surface area contributed by atoms with Gasteiger partial charge in [-0.15, -0.1) is 0 Å². The minimum Gasteiger partial charge on any atom is -0.497 e. The molecule has 0 aliphatic rings. The molecule has 1 aromatic heterocycles. The van der Waals surface area contributed by atoms with E-state index in [1.165, 1.54) is 69.0 Å². The minimum atomic E-state index is -1.02. The predicted molar refractivity (Wildman–Crippen MR) is 393 cm³/mol. The summed E-state index contributed by atoms with van der Waals surface area (Å²) in [5, 5.41) is 24.0. The molecule has 95 heavy (non-hydrogen) atoms. The van der Waals surface area contributed by atoms with E-state index >= 15 is 0 Å². The highest BCUT2D eigenvalue weighted by Gasteiger charge is 2.19. The molecule has 0 aliphatic heterocycles. The van der Waals surface area contributed by atoms with Gasteiger partial charge in [-0.3, -0.25) is 9.59 Å². The zero-order valence-corrected chi connectivity index (χ0v) is 61.8. The number of fused-ring (bicyclic) bond motifs is 2. The number of benzene rings is 8. The van der Waals surface area contributed by atoms with Crippen LogP contribution in [0.5, 0.6) is 57.5 Å². The number of nitrogens with two attached hydrogens (primary N) is 3. The van der Waals surface area contributed by atoms with Crippen molar-refractivity contribution in [1.29, 1.82) is 0 Å². The summed E-state index contributed by atoms with van der Waals surface area (Å²) in [6.07, 6.45) is 0. The first-order valence-electron chi connectivity index (χ1n) is 27.0. The number of rotatable bonds is 16. The molecule has 8 aromatic carbocycles. The fraction of sp³-hybridized carbons (Fsp3) is 0.200. The highest BCUT2D eigenvalue weighted by molar-refractivity contribution is 14.1. The normalized spacial score (nSPS) is 9.88. The molecule has 1 heterocycles. The van der Waals surface area contributed by atoms with Gasteiger partial charge < -0.3 is 89.8 Å². The van der Waals surface area contributed by atoms with Crippen LogP contribution < -0.4 is 75.3 Å². The van der Waals surface area contributed by atoms with E-state index in [1.807, 2.05) is 40.8 Å². The Balaban J connectivity index is 0.000000297. The minimum absolute atomic E-state index is 0.110. The Morgan fingerprint density at radius 2 is 1.00 bits per heavy atom. The zero-order chi connectivity index (χ0) is 71.2. The van der Waals surface area contributed by atoms with E-state index in [0.29, 0.717) is 143 Å². The maximum absolute atomic E-state index is 12.6. The number of aromatic amines is 1. The Morgan fingerprint density at radius 3 is 1.49 bits per heavy atom. The van der Waals surface area contributed by atoms with Crippen molar-refractivity contribution in [3.63, 3.8) is 0 Å². The fourth-order valence-electron chi connectivity index (χ4n) is 7.86. The van der Waals surface area contributed by atoms with E-state index in [1.54, 1.807) is 112 Å². The number of hydrogen-bond donors (Lipinski definition) is 7. The van der Waals surface area contributed by atoms with Crippen molar-refractivity contribution in [2.75, 3.05) is 105 Å². The third-order valence-corrected chi connectivity index (χ3v) is 15.7. The number of nitrogen functional groups attached to an aromatic ring is 3. The van der Waals surface area contributed by atoms with Crippen molar-refractivity contribution in [1.82, 2.24) is 4.98 Å². The van der Waals surface area contributed by atoms with Crippen molar-refractivity contribution in [3.8, 4) is 57.5 Å². The summed E-state index contributed by atoms with van der Waals surface area (Å²) in [5.41, 5.74) is 20.4. The summed E-state index contributed by atoms with van der Waals surface area (Å²) in [7, 11) is 15.3. The molecule has 510 valence electrons. The number of carbonyl (C=O) groups is 3. The maximum Gasteiger partial charge on any atom is 0.337 e. The van der Waals surface area contributed by atoms with Crippen LogP contribution in [0.2, 0.25) is 25.1 Å². The molecular weight excluding hydrogens is 1590 g/mol. The van der Waals surface area contributed by atoms with Gasteiger partial charge in [-0.2, -0.15) is 0 Å². The number of alkyl halides is 1. The van der Waals surface area contributed by atoms with Crippen LogP contribution in [-0.4, -0.2) is 115 Å². The van der Waals surface area contributed by atoms with Gasteiger partial charge in [0.15, 0.2) is 23.0 Å². The molecule has 0 radical (unpaired) electrons. The van der Waals surface area contributed by atoms with Gasteiger partial charge in [-0.1, -0.05) is 117 Å². The number of carboxylic acids is 2. The molecule has 0 fully saturated rings. The maximum atomic E-state index is 12.6. The Hall–Kier alpha value is -8.02. The standard InChI is InChI=1S/C15H14ClNO4.C15H12ClNO3.C8H9BrClNO2.C8H8BrClO2.C8H10ClNO2.C7H7NO2.C4H7IO2/c1-20-9-7-11(16)14(21-2)13(8-9)17-12-6-4-3-5-10(12)15(18)19;1-19-11-7-9(16)15(20-2)13-12(11)14(18)8-5-3-4-6-10(8)17-13;1-12-5-3-4(10)8(13-2)6(9)7(5)11;1-11-5-3-6(9)8(12-2)7(10)4-5;1-11-7-4-6(10)8(12-2)3-5(7)9;8-6-4-2-1-3-5(6)7(9)10;1-2-7-4(6)3-5/h3-8,17H,1-2H3,(H,18,19);3-7H,1-2H3,(H,17,18);3H,11H2,1-2H3;3-4H,1-2H3;3-4H,10H2,1-2H3;1-4H,8H2,(H,9,10);2-3H2,1H3. The monoisotopic (exact) mass is 1650 g/mol. The molecule has 9 aromatic rings. The molecular formula is C65H67Br2Cl5IN5O17. The van der Waals surface area contributed by atoms with Gasteiger partial charge in [-0.05, 0) is 81.2 Å². The highest BCUT2D eigenvalue weighted by atomic mass is 127. The molecule has 0 spiro atoms. The second-order valence-electron chi connectivity index (χ2n) is 18.0. The second-order valence-corrected chi connectivity index (χ2v) is 22.5. The van der Waals surface area contributed by atoms with Crippen molar-refractivity contribution in [2.45, 2.75) is 6.92 Å². The molecule has 0 saturated heterocycles. The van der Waals surface area contributed by atoms with Crippen LogP contribution in [0.25, 0.3) is 21.8 Å². The number of hydrogen-bond acceptors (Lipinski definition) is 19. The van der Waals surface area contributed by atoms with Gasteiger partial charge in [0.05, 0.1) is 161 Å². The predicted octanol–water partition coefficient (Wildman–Crippen LogP) is 16.9.